The maximum atomic E-state index is 11.7. The van der Waals surface area contributed by atoms with E-state index in [1.807, 2.05) is 60.7 Å². The van der Waals surface area contributed by atoms with Gasteiger partial charge < -0.3 is 0 Å². The number of hydrogen-bond acceptors (Lipinski definition) is 4. The monoisotopic (exact) mass is 530 g/mol. The molecule has 0 amide bonds. The Balaban J connectivity index is 2.10. The predicted octanol–water partition coefficient (Wildman–Crippen LogP) is 7.25. The molecule has 0 aliphatic heterocycles. The van der Waals surface area contributed by atoms with Crippen molar-refractivity contribution in [3.63, 3.8) is 0 Å². The second-order valence-electron chi connectivity index (χ2n) is 6.44. The Kier molecular flexibility index (Phi) is 7.12. The van der Waals surface area contributed by atoms with Crippen molar-refractivity contribution in [2.45, 2.75) is 9.65 Å². The van der Waals surface area contributed by atoms with Gasteiger partial charge in [0, 0.05) is 5.56 Å². The zero-order chi connectivity index (χ0) is 21.7. The zero-order valence-electron chi connectivity index (χ0n) is 15.5. The van der Waals surface area contributed by atoms with E-state index in [4.69, 9.17) is 0 Å². The van der Waals surface area contributed by atoms with Crippen LogP contribution < -0.4 is 0 Å². The molecule has 0 saturated heterocycles. The standard InChI is InChI=1S/C22H16Br2N2O4/c23-21(16-9-5-2-6-10-16)22(24)18-13-17(12-11-15-7-3-1-4-8-15)19(25(27)28)14-20(18)26(29)30/h1-14,21-22H/b12-11-. The Morgan fingerprint density at radius 3 is 1.87 bits per heavy atom. The largest absolute Gasteiger partial charge is 0.283 e. The third-order valence-corrected chi connectivity index (χ3v) is 7.29. The van der Waals surface area contributed by atoms with Crippen LogP contribution in [0.3, 0.4) is 0 Å². The van der Waals surface area contributed by atoms with Crippen LogP contribution in [0, 0.1) is 20.2 Å². The van der Waals surface area contributed by atoms with Crippen molar-refractivity contribution in [1.29, 1.82) is 0 Å². The first-order valence-corrected chi connectivity index (χ1v) is 10.7. The normalized spacial score (nSPS) is 13.1. The summed E-state index contributed by atoms with van der Waals surface area (Å²) in [4.78, 5) is 21.3. The summed E-state index contributed by atoms with van der Waals surface area (Å²) in [6, 6.07) is 21.3. The van der Waals surface area contributed by atoms with Crippen molar-refractivity contribution in [3.8, 4) is 0 Å². The molecule has 0 fully saturated rings. The van der Waals surface area contributed by atoms with Crippen molar-refractivity contribution < 1.29 is 9.85 Å². The fourth-order valence-electron chi connectivity index (χ4n) is 3.00. The molecule has 0 aromatic heterocycles. The molecular formula is C22H16Br2N2O4. The van der Waals surface area contributed by atoms with E-state index in [0.717, 1.165) is 17.2 Å². The average molecular weight is 532 g/mol. The van der Waals surface area contributed by atoms with Crippen LogP contribution in [-0.4, -0.2) is 9.85 Å². The molecule has 3 aromatic carbocycles. The molecule has 0 bridgehead atoms. The van der Waals surface area contributed by atoms with E-state index < -0.39 is 14.7 Å². The number of nitrogens with zero attached hydrogens (tertiary/aromatic N) is 2. The van der Waals surface area contributed by atoms with E-state index in [2.05, 4.69) is 31.9 Å². The molecule has 8 heteroatoms. The van der Waals surface area contributed by atoms with Crippen molar-refractivity contribution in [2.24, 2.45) is 0 Å². The molecule has 0 spiro atoms. The van der Waals surface area contributed by atoms with Gasteiger partial charge in [-0.25, -0.2) is 0 Å². The Morgan fingerprint density at radius 1 is 0.733 bits per heavy atom. The summed E-state index contributed by atoms with van der Waals surface area (Å²) in [5.41, 5.74) is 1.81. The first-order valence-electron chi connectivity index (χ1n) is 8.91. The Labute approximate surface area is 189 Å². The van der Waals surface area contributed by atoms with Crippen molar-refractivity contribution in [3.05, 3.63) is 115 Å². The van der Waals surface area contributed by atoms with Gasteiger partial charge in [-0.05, 0) is 23.3 Å². The second kappa shape index (κ2) is 9.77. The van der Waals surface area contributed by atoms with E-state index in [-0.39, 0.29) is 16.2 Å². The van der Waals surface area contributed by atoms with Crippen LogP contribution in [0.2, 0.25) is 0 Å². The topological polar surface area (TPSA) is 86.3 Å². The SMILES string of the molecule is O=[N+]([O-])c1cc([N+](=O)[O-])c(C(Br)C(Br)c2ccccc2)cc1/C=C\c1ccccc1. The summed E-state index contributed by atoms with van der Waals surface area (Å²) < 4.78 is 0. The summed E-state index contributed by atoms with van der Waals surface area (Å²) in [6.07, 6.45) is 3.34. The van der Waals surface area contributed by atoms with Gasteiger partial charge in [0.2, 0.25) is 0 Å². The Bertz CT molecular complexity index is 1090. The first-order chi connectivity index (χ1) is 14.4. The van der Waals surface area contributed by atoms with E-state index in [9.17, 15) is 20.2 Å². The van der Waals surface area contributed by atoms with Gasteiger partial charge in [0.05, 0.1) is 31.1 Å². The molecule has 3 rings (SSSR count). The number of nitro benzene ring substituents is 2. The molecule has 6 nitrogen and oxygen atoms in total. The van der Waals surface area contributed by atoms with Gasteiger partial charge in [0.1, 0.15) is 0 Å². The van der Waals surface area contributed by atoms with Gasteiger partial charge in [-0.3, -0.25) is 20.2 Å². The number of alkyl halides is 2. The lowest BCUT2D eigenvalue weighted by Crippen LogP contribution is -2.05. The van der Waals surface area contributed by atoms with Gasteiger partial charge in [-0.1, -0.05) is 98.6 Å². The fraction of sp³-hybridized carbons (Fsp3) is 0.0909. The summed E-state index contributed by atoms with van der Waals surface area (Å²) in [6.45, 7) is 0. The van der Waals surface area contributed by atoms with Crippen LogP contribution in [0.25, 0.3) is 12.2 Å². The van der Waals surface area contributed by atoms with Crippen molar-refractivity contribution in [1.82, 2.24) is 0 Å². The predicted molar refractivity (Wildman–Crippen MR) is 125 cm³/mol. The van der Waals surface area contributed by atoms with Crippen LogP contribution in [0.15, 0.2) is 72.8 Å². The third kappa shape index (κ3) is 5.01. The quantitative estimate of drug-likeness (QED) is 0.139. The molecule has 0 saturated carbocycles. The third-order valence-electron chi connectivity index (χ3n) is 4.50. The molecule has 30 heavy (non-hydrogen) atoms. The lowest BCUT2D eigenvalue weighted by molar-refractivity contribution is -0.394. The Morgan fingerprint density at radius 2 is 1.30 bits per heavy atom. The highest BCUT2D eigenvalue weighted by molar-refractivity contribution is 9.12. The molecule has 2 atom stereocenters. The molecule has 0 N–H and O–H groups in total. The van der Waals surface area contributed by atoms with Crippen LogP contribution >= 0.6 is 31.9 Å². The summed E-state index contributed by atoms with van der Waals surface area (Å²) in [5.74, 6) is 0. The molecule has 0 aliphatic rings. The van der Waals surface area contributed by atoms with E-state index in [1.165, 1.54) is 6.07 Å². The molecular weight excluding hydrogens is 516 g/mol. The number of nitro groups is 2. The fourth-order valence-corrected chi connectivity index (χ4v) is 4.26. The van der Waals surface area contributed by atoms with Gasteiger partial charge in [0.25, 0.3) is 11.4 Å². The average Bonchev–Trinajstić information content (AvgIpc) is 2.77. The highest BCUT2D eigenvalue weighted by Crippen LogP contribution is 2.46. The molecule has 0 heterocycles. The maximum absolute atomic E-state index is 11.7. The molecule has 2 unspecified atom stereocenters. The van der Waals surface area contributed by atoms with Gasteiger partial charge in [-0.2, -0.15) is 0 Å². The van der Waals surface area contributed by atoms with Crippen molar-refractivity contribution in [2.75, 3.05) is 0 Å². The lowest BCUT2D eigenvalue weighted by Gasteiger charge is -2.18. The minimum absolute atomic E-state index is 0.273. The minimum atomic E-state index is -0.604. The van der Waals surface area contributed by atoms with Gasteiger partial charge in [0.15, 0.2) is 0 Å². The van der Waals surface area contributed by atoms with Gasteiger partial charge >= 0.3 is 0 Å². The van der Waals surface area contributed by atoms with Crippen molar-refractivity contribution >= 4 is 55.4 Å². The molecule has 3 aromatic rings. The molecule has 0 aliphatic carbocycles. The van der Waals surface area contributed by atoms with Gasteiger partial charge in [-0.15, -0.1) is 0 Å². The van der Waals surface area contributed by atoms with Crippen LogP contribution in [0.5, 0.6) is 0 Å². The second-order valence-corrected chi connectivity index (χ2v) is 8.42. The summed E-state index contributed by atoms with van der Waals surface area (Å²) >= 11 is 7.15. The minimum Gasteiger partial charge on any atom is -0.258 e. The highest BCUT2D eigenvalue weighted by Gasteiger charge is 2.30. The van der Waals surface area contributed by atoms with E-state index in [0.29, 0.717) is 11.1 Å². The smallest absolute Gasteiger partial charge is 0.258 e. The number of rotatable bonds is 7. The Hall–Kier alpha value is -2.84. The number of halogens is 2. The first kappa shape index (κ1) is 21.9. The summed E-state index contributed by atoms with van der Waals surface area (Å²) in [5, 5.41) is 23.3. The lowest BCUT2D eigenvalue weighted by atomic mass is 9.98. The zero-order valence-corrected chi connectivity index (χ0v) is 18.7. The highest BCUT2D eigenvalue weighted by atomic mass is 79.9. The summed E-state index contributed by atoms with van der Waals surface area (Å²) in [7, 11) is 0. The van der Waals surface area contributed by atoms with Crippen LogP contribution in [0.1, 0.15) is 31.9 Å². The van der Waals surface area contributed by atoms with E-state index in [1.54, 1.807) is 12.2 Å². The number of hydrogen-bond donors (Lipinski definition) is 0. The molecule has 152 valence electrons. The van der Waals surface area contributed by atoms with Crippen LogP contribution in [0.4, 0.5) is 11.4 Å². The van der Waals surface area contributed by atoms with E-state index >= 15 is 0 Å². The van der Waals surface area contributed by atoms with Crippen LogP contribution in [-0.2, 0) is 0 Å². The number of benzene rings is 3. The molecule has 0 radical (unpaired) electrons. The maximum Gasteiger partial charge on any atom is 0.283 e.